The van der Waals surface area contributed by atoms with Crippen LogP contribution in [0, 0.1) is 0 Å². The van der Waals surface area contributed by atoms with Gasteiger partial charge in [0.2, 0.25) is 11.8 Å². The molecule has 2 aromatic carbocycles. The van der Waals surface area contributed by atoms with Crippen molar-refractivity contribution >= 4 is 70.2 Å². The number of imide groups is 1. The number of carbonyl (C=O) groups is 6. The molecular formula is C58H69F3N12O8. The summed E-state index contributed by atoms with van der Waals surface area (Å²) in [5.74, 6) is -0.366. The van der Waals surface area contributed by atoms with E-state index in [9.17, 15) is 41.9 Å². The number of benzene rings is 2. The minimum atomic E-state index is -4.56. The van der Waals surface area contributed by atoms with Crippen molar-refractivity contribution in [2.45, 2.75) is 108 Å². The second-order valence-corrected chi connectivity index (χ2v) is 21.2. The van der Waals surface area contributed by atoms with Crippen molar-refractivity contribution < 1.29 is 51.4 Å². The van der Waals surface area contributed by atoms with Gasteiger partial charge in [-0.25, -0.2) is 14.8 Å². The highest BCUT2D eigenvalue weighted by Gasteiger charge is 2.34. The van der Waals surface area contributed by atoms with Gasteiger partial charge < -0.3 is 45.3 Å². The van der Waals surface area contributed by atoms with Crippen LogP contribution in [-0.4, -0.2) is 155 Å². The predicted molar refractivity (Wildman–Crippen MR) is 298 cm³/mol. The minimum absolute atomic E-state index is 0.0158. The maximum Gasteiger partial charge on any atom is 0.416 e. The van der Waals surface area contributed by atoms with Crippen LogP contribution in [0.5, 0.6) is 5.75 Å². The van der Waals surface area contributed by atoms with Gasteiger partial charge in [0.1, 0.15) is 29.4 Å². The number of nitrogens with zero attached hydrogens (tertiary/aromatic N) is 8. The zero-order chi connectivity index (χ0) is 57.2. The summed E-state index contributed by atoms with van der Waals surface area (Å²) in [4.78, 5) is 89.4. The van der Waals surface area contributed by atoms with Crippen LogP contribution in [0.1, 0.15) is 115 Å². The van der Waals surface area contributed by atoms with Crippen molar-refractivity contribution in [3.05, 3.63) is 95.3 Å². The third-order valence-electron chi connectivity index (χ3n) is 15.6. The van der Waals surface area contributed by atoms with E-state index in [1.807, 2.05) is 22.7 Å². The van der Waals surface area contributed by atoms with E-state index in [4.69, 9.17) is 20.3 Å². The number of nitrogen functional groups attached to an aromatic ring is 1. The molecule has 4 fully saturated rings. The number of aldehydes is 1. The van der Waals surface area contributed by atoms with Crippen LogP contribution in [0.3, 0.4) is 0 Å². The number of amides is 6. The molecule has 0 spiro atoms. The van der Waals surface area contributed by atoms with Gasteiger partial charge in [0.05, 0.1) is 47.5 Å². The van der Waals surface area contributed by atoms with Crippen LogP contribution in [-0.2, 0) is 25.3 Å². The predicted octanol–water partition coefficient (Wildman–Crippen LogP) is 7.50. The van der Waals surface area contributed by atoms with E-state index in [0.29, 0.717) is 71.9 Å². The van der Waals surface area contributed by atoms with Gasteiger partial charge in [-0.3, -0.25) is 34.1 Å². The number of pyridine rings is 2. The molecule has 1 unspecified atom stereocenters. The fraction of sp³-hybridized carbons (Fsp3) is 0.466. The molecule has 5 aromatic rings. The Labute approximate surface area is 467 Å². The molecule has 2 bridgehead atoms. The van der Waals surface area contributed by atoms with Gasteiger partial charge in [-0.1, -0.05) is 24.3 Å². The highest BCUT2D eigenvalue weighted by atomic mass is 19.4. The lowest BCUT2D eigenvalue weighted by Gasteiger charge is -2.37. The Morgan fingerprint density at radius 3 is 2.31 bits per heavy atom. The number of urea groups is 1. The molecule has 0 radical (unpaired) electrons. The molecule has 5 aliphatic rings. The highest BCUT2D eigenvalue weighted by molar-refractivity contribution is 6.08. The van der Waals surface area contributed by atoms with Crippen LogP contribution >= 0.6 is 0 Å². The second kappa shape index (κ2) is 26.2. The van der Waals surface area contributed by atoms with Crippen LogP contribution in [0.2, 0.25) is 0 Å². The SMILES string of the molecule is CN1CC/C=C/c2cnc(N)c3c(-c4ccc(C(=O)Nc5cc(C(F)(F)F)ccn5)cc4)nn(c23)[C@@H]2CCCC(C2)NC(=O)CC1.COc1ccc(C(=O)N2CCC(OC3CCN(CCC=O)CC3)CC2)cc1N1CCC(=O)NC1=O. The molecule has 1 saturated carbocycles. The summed E-state index contributed by atoms with van der Waals surface area (Å²) >= 11 is 0. The molecule has 3 saturated heterocycles. The first-order chi connectivity index (χ1) is 39.0. The Hall–Kier alpha value is -7.76. The average Bonchev–Trinajstić information content (AvgIpc) is 4.13. The number of likely N-dealkylation sites (tertiary alicyclic amines) is 2. The number of carbonyl (C=O) groups excluding carboxylic acids is 6. The lowest BCUT2D eigenvalue weighted by molar-refractivity contribution is -0.137. The van der Waals surface area contributed by atoms with E-state index in [0.717, 1.165) is 120 Å². The molecule has 430 valence electrons. The summed E-state index contributed by atoms with van der Waals surface area (Å²) < 4.78 is 53.1. The van der Waals surface area contributed by atoms with Crippen LogP contribution in [0.25, 0.3) is 28.2 Å². The van der Waals surface area contributed by atoms with Crippen LogP contribution in [0.4, 0.5) is 35.3 Å². The van der Waals surface area contributed by atoms with Crippen LogP contribution < -0.4 is 31.3 Å². The number of hydrogen-bond acceptors (Lipinski definition) is 14. The normalized spacial score (nSPS) is 20.5. The summed E-state index contributed by atoms with van der Waals surface area (Å²) in [6.45, 7) is 5.69. The summed E-state index contributed by atoms with van der Waals surface area (Å²) in [6.07, 6.45) is 12.7. The molecule has 10 rings (SSSR count). The monoisotopic (exact) mass is 1120 g/mol. The number of halogens is 3. The van der Waals surface area contributed by atoms with Gasteiger partial charge in [-0.15, -0.1) is 0 Å². The number of rotatable bonds is 11. The number of fused-ring (bicyclic) bond motifs is 3. The van der Waals surface area contributed by atoms with Gasteiger partial charge in [-0.05, 0) is 107 Å². The first-order valence-electron chi connectivity index (χ1n) is 27.7. The topological polar surface area (TPSA) is 240 Å². The summed E-state index contributed by atoms with van der Waals surface area (Å²) in [5, 5.41) is 13.8. The fourth-order valence-corrected chi connectivity index (χ4v) is 11.2. The van der Waals surface area contributed by atoms with E-state index >= 15 is 0 Å². The number of piperidine rings is 2. The van der Waals surface area contributed by atoms with Gasteiger partial charge >= 0.3 is 12.2 Å². The molecule has 3 aromatic heterocycles. The Kier molecular flexibility index (Phi) is 18.7. The molecular weight excluding hydrogens is 1050 g/mol. The molecule has 7 heterocycles. The van der Waals surface area contributed by atoms with Gasteiger partial charge in [0.25, 0.3) is 11.8 Å². The summed E-state index contributed by atoms with van der Waals surface area (Å²) in [6, 6.07) is 12.8. The fourth-order valence-electron chi connectivity index (χ4n) is 11.2. The third-order valence-corrected chi connectivity index (χ3v) is 15.6. The average molecular weight is 1120 g/mol. The lowest BCUT2D eigenvalue weighted by Crippen LogP contribution is -2.49. The molecule has 23 heteroatoms. The standard InChI is InChI=1S/C33H35F3N8O2.C25H34N4O6/c1-43-15-3-2-5-22-19-39-31(37)28-29(42-44(30(22)28)25-7-4-6-24(18-25)40-27(45)13-16-43)20-8-10-21(11-9-20)32(46)41-26-17-23(12-14-38-26)33(34,35)36;1-34-22-4-3-18(17-21(22)29-15-9-23(31)26-25(29)33)24(32)28-13-7-20(8-14-28)35-19-5-11-27(12-6-19)10-2-16-30/h2,5,8-12,14,17,19,24-25H,3-4,6-7,13,15-16,18H2,1H3,(H2,37,39)(H,40,45)(H,38,41,46);3-4,16-17,19-20H,2,5-15H2,1H3,(H,26,31,33)/b5-2+;/t24?,25-;/m1./s1. The number of nitrogens with two attached hydrogens (primary N) is 1. The third kappa shape index (κ3) is 14.4. The Morgan fingerprint density at radius 2 is 1.59 bits per heavy atom. The summed E-state index contributed by atoms with van der Waals surface area (Å²) in [5.41, 5.74) is 9.84. The molecule has 4 aliphatic heterocycles. The van der Waals surface area contributed by atoms with Crippen molar-refractivity contribution in [1.29, 1.82) is 0 Å². The zero-order valence-corrected chi connectivity index (χ0v) is 45.6. The Balaban J connectivity index is 0.000000203. The second-order valence-electron chi connectivity index (χ2n) is 21.2. The van der Waals surface area contributed by atoms with E-state index in [2.05, 4.69) is 41.8 Å². The number of methoxy groups -OCH3 is 1. The lowest BCUT2D eigenvalue weighted by atomic mass is 9.90. The Bertz CT molecular complexity index is 3120. The zero-order valence-electron chi connectivity index (χ0n) is 45.6. The van der Waals surface area contributed by atoms with Gasteiger partial charge in [0.15, 0.2) is 0 Å². The maximum absolute atomic E-state index is 13.2. The number of ether oxygens (including phenoxy) is 2. The highest BCUT2D eigenvalue weighted by Crippen LogP contribution is 2.40. The molecule has 81 heavy (non-hydrogen) atoms. The van der Waals surface area contributed by atoms with E-state index in [1.165, 1.54) is 12.0 Å². The van der Waals surface area contributed by atoms with Crippen molar-refractivity contribution in [3.63, 3.8) is 0 Å². The molecule has 1 aliphatic carbocycles. The number of nitrogens with one attached hydrogen (secondary N) is 3. The van der Waals surface area contributed by atoms with Crippen molar-refractivity contribution in [1.82, 2.24) is 45.1 Å². The summed E-state index contributed by atoms with van der Waals surface area (Å²) in [7, 11) is 3.52. The molecule has 5 N–H and O–H groups in total. The molecule has 6 amide bonds. The quantitative estimate of drug-likeness (QED) is 0.0937. The van der Waals surface area contributed by atoms with Crippen LogP contribution in [0.15, 0.2) is 73.1 Å². The molecule has 20 nitrogen and oxygen atoms in total. The van der Waals surface area contributed by atoms with Gasteiger partial charge in [0, 0.05) is 112 Å². The maximum atomic E-state index is 13.2. The number of alkyl halides is 3. The number of aromatic nitrogens is 4. The molecule has 2 atom stereocenters. The van der Waals surface area contributed by atoms with Crippen molar-refractivity contribution in [3.8, 4) is 17.0 Å². The minimum Gasteiger partial charge on any atom is -0.495 e. The first kappa shape index (κ1) is 57.9. The number of anilines is 3. The first-order valence-corrected chi connectivity index (χ1v) is 27.7. The van der Waals surface area contributed by atoms with Gasteiger partial charge in [-0.2, -0.15) is 18.3 Å². The Morgan fingerprint density at radius 1 is 0.864 bits per heavy atom. The smallest absolute Gasteiger partial charge is 0.416 e. The largest absolute Gasteiger partial charge is 0.495 e. The van der Waals surface area contributed by atoms with Crippen molar-refractivity contribution in [2.24, 2.45) is 0 Å². The van der Waals surface area contributed by atoms with E-state index in [-0.39, 0.29) is 66.4 Å². The van der Waals surface area contributed by atoms with E-state index in [1.54, 1.807) is 48.7 Å². The number of hydrogen-bond donors (Lipinski definition) is 4. The van der Waals surface area contributed by atoms with E-state index < -0.39 is 23.7 Å². The van der Waals surface area contributed by atoms with Crippen molar-refractivity contribution in [2.75, 3.05) is 82.5 Å².